The molecule has 22 heteroatoms. The van der Waals surface area contributed by atoms with E-state index in [2.05, 4.69) is 49.4 Å². The standard InChI is InChI=1S/C48H65N9O9S4/c1-3-5-7-9-11-13-26-67-28-24-49-36-65-42-32-43(66-37-50-25-29-68-27-14-12-10-8-6-4-2)34-45(33-42)70(63,64)55-40-16-15-17-44(30-40)69(61,62)54-39-20-18-38(19-21-39)52-53-48(58)56-35-51-46-31-41(57(59)60)22-23-47(46)56/h15-23,30-36,50,52,54-55H,3-14,24-29,37H2,1-2H3,(H,53,58). The number of amides is 1. The fourth-order valence-corrected chi connectivity index (χ4v) is 10.8. The third-order valence-corrected chi connectivity index (χ3v) is 15.5. The fraction of sp³-hybridized carbons (Fsp3) is 0.438. The molecule has 0 fully saturated rings. The summed E-state index contributed by atoms with van der Waals surface area (Å²) in [5.41, 5.74) is 6.28. The molecule has 0 aliphatic rings. The first kappa shape index (κ1) is 55.4. The maximum atomic E-state index is 13.9. The van der Waals surface area contributed by atoms with E-state index in [-0.39, 0.29) is 50.6 Å². The summed E-state index contributed by atoms with van der Waals surface area (Å²) >= 11 is 3.73. The number of nitrogens with one attached hydrogen (secondary N) is 5. The molecule has 5 aromatic rings. The largest absolute Gasteiger partial charge is 0.478 e. The van der Waals surface area contributed by atoms with Gasteiger partial charge >= 0.3 is 6.03 Å². The summed E-state index contributed by atoms with van der Waals surface area (Å²) in [7, 11) is -8.51. The van der Waals surface area contributed by atoms with Gasteiger partial charge in [-0.3, -0.25) is 40.7 Å². The number of aliphatic imine (C=N–C) groups is 1. The SMILES string of the molecule is CCCCCCCCSCCN=COc1cc(OCNCCSCCCCCCCC)cc(S(=O)(=O)Nc2cccc(S(=O)(=O)Nc3ccc(NNC(=O)n4cnc5cc([N+](=O)[O-])ccc54)cc3)c2)c1. The summed E-state index contributed by atoms with van der Waals surface area (Å²) < 4.78 is 72.7. The number of ether oxygens (including phenoxy) is 2. The number of unbranched alkanes of at least 4 members (excludes halogenated alkanes) is 10. The number of carbonyl (C=O) groups excluding carboxylic acids is 1. The number of nitrogens with zero attached hydrogens (tertiary/aromatic N) is 4. The number of fused-ring (bicyclic) bond motifs is 1. The maximum absolute atomic E-state index is 13.9. The number of imidazole rings is 1. The molecular weight excluding hydrogens is 975 g/mol. The van der Waals surface area contributed by atoms with Crippen LogP contribution in [0.3, 0.4) is 0 Å². The van der Waals surface area contributed by atoms with Gasteiger partial charge in [0.1, 0.15) is 24.6 Å². The van der Waals surface area contributed by atoms with Crippen molar-refractivity contribution in [1.82, 2.24) is 20.3 Å². The molecule has 0 aliphatic carbocycles. The molecular formula is C48H65N9O9S4. The molecule has 0 unspecified atom stereocenters. The van der Waals surface area contributed by atoms with Crippen molar-refractivity contribution in [1.29, 1.82) is 0 Å². The number of non-ortho nitro benzene ring substituents is 1. The fourth-order valence-electron chi connectivity index (χ4n) is 6.88. The number of nitro benzene ring substituents is 1. The minimum absolute atomic E-state index is 0.00371. The lowest BCUT2D eigenvalue weighted by atomic mass is 10.1. The van der Waals surface area contributed by atoms with E-state index in [4.69, 9.17) is 9.47 Å². The average molecular weight is 1040 g/mol. The quantitative estimate of drug-likeness (QED) is 0.00644. The van der Waals surface area contributed by atoms with Gasteiger partial charge in [-0.15, -0.1) is 0 Å². The van der Waals surface area contributed by atoms with Gasteiger partial charge in [-0.05, 0) is 72.9 Å². The second-order valence-electron chi connectivity index (χ2n) is 16.2. The summed E-state index contributed by atoms with van der Waals surface area (Å²) in [4.78, 5) is 31.4. The summed E-state index contributed by atoms with van der Waals surface area (Å²) in [6.07, 6.45) is 17.6. The number of anilines is 3. The highest BCUT2D eigenvalue weighted by molar-refractivity contribution is 7.99. The van der Waals surface area contributed by atoms with Crippen LogP contribution in [0.1, 0.15) is 90.9 Å². The van der Waals surface area contributed by atoms with Gasteiger partial charge < -0.3 is 9.47 Å². The lowest BCUT2D eigenvalue weighted by Crippen LogP contribution is -2.32. The Morgan fingerprint density at radius 2 is 1.37 bits per heavy atom. The van der Waals surface area contributed by atoms with E-state index in [0.29, 0.717) is 24.3 Å². The number of nitro groups is 1. The topological polar surface area (TPSA) is 237 Å². The first-order valence-electron chi connectivity index (χ1n) is 23.6. The number of thioether (sulfide) groups is 2. The molecule has 1 heterocycles. The number of carbonyl (C=O) groups is 1. The van der Waals surface area contributed by atoms with Gasteiger partial charge in [0, 0.05) is 54.1 Å². The van der Waals surface area contributed by atoms with Crippen molar-refractivity contribution in [2.24, 2.45) is 4.99 Å². The summed E-state index contributed by atoms with van der Waals surface area (Å²) in [6.45, 7) is 5.84. The van der Waals surface area contributed by atoms with Gasteiger partial charge in [0.15, 0.2) is 6.40 Å². The lowest BCUT2D eigenvalue weighted by Gasteiger charge is -2.14. The number of hydrogen-bond donors (Lipinski definition) is 5. The van der Waals surface area contributed by atoms with Crippen molar-refractivity contribution < 1.29 is 36.0 Å². The minimum Gasteiger partial charge on any atom is -0.478 e. The predicted octanol–water partition coefficient (Wildman–Crippen LogP) is 10.7. The Kier molecular flexibility index (Phi) is 23.4. The Labute approximate surface area is 420 Å². The first-order chi connectivity index (χ1) is 33.9. The molecule has 5 rings (SSSR count). The lowest BCUT2D eigenvalue weighted by molar-refractivity contribution is -0.384. The third-order valence-electron chi connectivity index (χ3n) is 10.6. The van der Waals surface area contributed by atoms with Crippen molar-refractivity contribution in [3.63, 3.8) is 0 Å². The summed E-state index contributed by atoms with van der Waals surface area (Å²) in [5, 5.41) is 14.3. The van der Waals surface area contributed by atoms with Gasteiger partial charge in [-0.25, -0.2) is 31.2 Å². The Morgan fingerprint density at radius 3 is 2.09 bits per heavy atom. The van der Waals surface area contributed by atoms with E-state index in [0.717, 1.165) is 23.0 Å². The van der Waals surface area contributed by atoms with E-state index in [1.165, 1.54) is 173 Å². The van der Waals surface area contributed by atoms with Crippen LogP contribution in [0.15, 0.2) is 106 Å². The first-order valence-corrected chi connectivity index (χ1v) is 28.9. The number of hydrazine groups is 1. The Bertz CT molecular complexity index is 2670. The second-order valence-corrected chi connectivity index (χ2v) is 22.0. The zero-order valence-corrected chi connectivity index (χ0v) is 43.0. The minimum atomic E-state index is -4.30. The highest BCUT2D eigenvalue weighted by atomic mass is 32.2. The van der Waals surface area contributed by atoms with Crippen LogP contribution in [-0.2, 0) is 20.0 Å². The molecule has 0 spiro atoms. The molecule has 0 saturated carbocycles. The molecule has 0 radical (unpaired) electrons. The molecule has 1 aromatic heterocycles. The van der Waals surface area contributed by atoms with Crippen LogP contribution in [0.25, 0.3) is 11.0 Å². The van der Waals surface area contributed by atoms with Crippen LogP contribution >= 0.6 is 23.5 Å². The van der Waals surface area contributed by atoms with Gasteiger partial charge in [0.05, 0.1) is 43.7 Å². The van der Waals surface area contributed by atoms with Crippen LogP contribution < -0.4 is 35.1 Å². The zero-order chi connectivity index (χ0) is 50.0. The summed E-state index contributed by atoms with van der Waals surface area (Å²) in [6, 6.07) is 19.0. The number of sulfonamides is 2. The maximum Gasteiger partial charge on any atom is 0.345 e. The van der Waals surface area contributed by atoms with Crippen LogP contribution in [0, 0.1) is 10.1 Å². The van der Waals surface area contributed by atoms with E-state index in [1.54, 1.807) is 6.07 Å². The van der Waals surface area contributed by atoms with Crippen molar-refractivity contribution in [2.45, 2.75) is 101 Å². The van der Waals surface area contributed by atoms with Crippen LogP contribution in [0.4, 0.5) is 27.5 Å². The van der Waals surface area contributed by atoms with E-state index in [1.807, 2.05) is 23.5 Å². The van der Waals surface area contributed by atoms with Crippen molar-refractivity contribution in [3.8, 4) is 11.5 Å². The number of rotatable bonds is 34. The van der Waals surface area contributed by atoms with Gasteiger partial charge in [0.2, 0.25) is 0 Å². The number of hydrogen-bond acceptors (Lipinski definition) is 15. The molecule has 5 N–H and O–H groups in total. The zero-order valence-electron chi connectivity index (χ0n) is 39.8. The monoisotopic (exact) mass is 1040 g/mol. The smallest absolute Gasteiger partial charge is 0.345 e. The highest BCUT2D eigenvalue weighted by Crippen LogP contribution is 2.29. The molecule has 380 valence electrons. The third kappa shape index (κ3) is 19.0. The van der Waals surface area contributed by atoms with E-state index in [9.17, 15) is 31.7 Å². The normalized spacial score (nSPS) is 11.7. The van der Waals surface area contributed by atoms with Crippen molar-refractivity contribution in [3.05, 3.63) is 101 Å². The van der Waals surface area contributed by atoms with Gasteiger partial charge in [-0.1, -0.05) is 84.1 Å². The molecule has 0 bridgehead atoms. The number of benzene rings is 4. The van der Waals surface area contributed by atoms with Gasteiger partial charge in [0.25, 0.3) is 25.7 Å². The predicted molar refractivity (Wildman–Crippen MR) is 284 cm³/mol. The molecule has 0 aliphatic heterocycles. The average Bonchev–Trinajstić information content (AvgIpc) is 3.78. The van der Waals surface area contributed by atoms with Crippen LogP contribution in [-0.4, -0.2) is 86.6 Å². The van der Waals surface area contributed by atoms with E-state index >= 15 is 0 Å². The van der Waals surface area contributed by atoms with Crippen LogP contribution in [0.5, 0.6) is 11.5 Å². The Balaban J connectivity index is 1.16. The molecule has 70 heavy (non-hydrogen) atoms. The Hall–Kier alpha value is -5.55. The highest BCUT2D eigenvalue weighted by Gasteiger charge is 2.21. The molecule has 18 nitrogen and oxygen atoms in total. The molecule has 4 aromatic carbocycles. The van der Waals surface area contributed by atoms with Crippen molar-refractivity contribution >= 4 is 89.8 Å². The molecule has 0 saturated heterocycles. The van der Waals surface area contributed by atoms with Crippen molar-refractivity contribution in [2.75, 3.05) is 57.7 Å². The Morgan fingerprint density at radius 1 is 0.729 bits per heavy atom. The van der Waals surface area contributed by atoms with Gasteiger partial charge in [-0.2, -0.15) is 23.5 Å². The number of aromatic nitrogens is 2. The van der Waals surface area contributed by atoms with Crippen LogP contribution in [0.2, 0.25) is 0 Å². The molecule has 1 amide bonds. The summed E-state index contributed by atoms with van der Waals surface area (Å²) in [5.74, 6) is 4.39. The second kappa shape index (κ2) is 29.6. The molecule has 0 atom stereocenters. The van der Waals surface area contributed by atoms with E-state index < -0.39 is 31.0 Å².